The average Bonchev–Trinajstić information content (AvgIpc) is 1.90. The molecule has 1 heterocycles. The highest BCUT2D eigenvalue weighted by atomic mass is 32.1. The molecule has 0 aromatic rings. The van der Waals surface area contributed by atoms with E-state index in [4.69, 9.17) is 4.74 Å². The molecule has 0 saturated heterocycles. The van der Waals surface area contributed by atoms with Crippen LogP contribution in [0.5, 0.6) is 0 Å². The lowest BCUT2D eigenvalue weighted by Gasteiger charge is -2.02. The van der Waals surface area contributed by atoms with E-state index in [-0.39, 0.29) is 0 Å². The Bertz CT molecular complexity index is 130. The van der Waals surface area contributed by atoms with Gasteiger partial charge in [0.25, 0.3) is 0 Å². The Balaban J connectivity index is 2.51. The van der Waals surface area contributed by atoms with Crippen molar-refractivity contribution in [2.45, 2.75) is 0 Å². The fourth-order valence-corrected chi connectivity index (χ4v) is 0.597. The van der Waals surface area contributed by atoms with E-state index in [1.54, 1.807) is 12.3 Å². The number of ether oxygens (including phenoxy) is 1. The molecule has 0 aromatic carbocycles. The average molecular weight is 128 g/mol. The molecule has 0 bridgehead atoms. The van der Waals surface area contributed by atoms with Crippen LogP contribution in [0.2, 0.25) is 0 Å². The Labute approximate surface area is 53.8 Å². The number of hydrogen-bond donors (Lipinski definition) is 1. The highest BCUT2D eigenvalue weighted by Gasteiger charge is 1.92. The number of allylic oxidation sites excluding steroid dienone is 1. The van der Waals surface area contributed by atoms with Gasteiger partial charge in [-0.25, -0.2) is 4.72 Å². The Morgan fingerprint density at radius 2 is 2.62 bits per heavy atom. The van der Waals surface area contributed by atoms with Gasteiger partial charge in [-0.05, 0) is 25.0 Å². The molecule has 1 aliphatic rings. The fraction of sp³-hybridized carbons (Fsp3) is 0.200. The molecule has 1 radical (unpaired) electrons. The van der Waals surface area contributed by atoms with Gasteiger partial charge < -0.3 is 4.74 Å². The summed E-state index contributed by atoms with van der Waals surface area (Å²) >= 11 is 3.71. The lowest BCUT2D eigenvalue weighted by molar-refractivity contribution is 0.284. The van der Waals surface area contributed by atoms with E-state index in [9.17, 15) is 0 Å². The maximum Gasteiger partial charge on any atom is 0.108 e. The van der Waals surface area contributed by atoms with Crippen LogP contribution in [0.3, 0.4) is 0 Å². The van der Waals surface area contributed by atoms with Crippen molar-refractivity contribution < 1.29 is 4.74 Å². The predicted molar refractivity (Wildman–Crippen MR) is 34.3 cm³/mol. The number of rotatable bonds is 1. The second-order valence-electron chi connectivity index (χ2n) is 1.37. The largest absolute Gasteiger partial charge is 0.497 e. The van der Waals surface area contributed by atoms with Gasteiger partial charge in [0.05, 0.1) is 12.0 Å². The Morgan fingerprint density at radius 1 is 1.75 bits per heavy atom. The van der Waals surface area contributed by atoms with Crippen LogP contribution in [0, 0.1) is 0 Å². The van der Waals surface area contributed by atoms with Crippen LogP contribution in [0.15, 0.2) is 24.1 Å². The van der Waals surface area contributed by atoms with E-state index in [2.05, 4.69) is 17.5 Å². The van der Waals surface area contributed by atoms with Gasteiger partial charge in [0.1, 0.15) is 6.61 Å². The normalized spacial score (nSPS) is 16.9. The first kappa shape index (κ1) is 5.56. The molecule has 43 valence electrons. The predicted octanol–water partition coefficient (Wildman–Crippen LogP) is 0.863. The van der Waals surface area contributed by atoms with E-state index in [1.165, 1.54) is 0 Å². The molecule has 0 fully saturated rings. The first-order valence-corrected chi connectivity index (χ1v) is 2.67. The number of hydrogen-bond acceptors (Lipinski definition) is 2. The third-order valence-electron chi connectivity index (χ3n) is 0.839. The van der Waals surface area contributed by atoms with Crippen molar-refractivity contribution in [2.75, 3.05) is 6.61 Å². The van der Waals surface area contributed by atoms with Crippen LogP contribution in [0.4, 0.5) is 0 Å². The molecule has 0 atom stereocenters. The zero-order chi connectivity index (χ0) is 5.82. The summed E-state index contributed by atoms with van der Waals surface area (Å²) in [6.45, 7) is 0.607. The van der Waals surface area contributed by atoms with Crippen molar-refractivity contribution in [3.8, 4) is 0 Å². The molecule has 0 aromatic heterocycles. The molecule has 0 aliphatic carbocycles. The molecule has 0 unspecified atom stereocenters. The topological polar surface area (TPSA) is 23.3 Å². The summed E-state index contributed by atoms with van der Waals surface area (Å²) < 4.78 is 8.49. The first-order chi connectivity index (χ1) is 3.93. The van der Waals surface area contributed by atoms with Gasteiger partial charge in [0.2, 0.25) is 0 Å². The molecule has 0 N–H and O–H groups in total. The minimum absolute atomic E-state index is 0.607. The molecule has 8 heavy (non-hydrogen) atoms. The van der Waals surface area contributed by atoms with Crippen molar-refractivity contribution in [3.63, 3.8) is 0 Å². The zero-order valence-electron chi connectivity index (χ0n) is 4.24. The van der Waals surface area contributed by atoms with Crippen LogP contribution in [0.25, 0.3) is 0 Å². The minimum Gasteiger partial charge on any atom is -0.497 e. The SMILES string of the molecule is S[N]C1=CCOC=C1. The van der Waals surface area contributed by atoms with E-state index in [1.807, 2.05) is 6.08 Å². The van der Waals surface area contributed by atoms with Gasteiger partial charge in [0.15, 0.2) is 0 Å². The number of nitrogens with zero attached hydrogens (tertiary/aromatic N) is 1. The van der Waals surface area contributed by atoms with Crippen molar-refractivity contribution in [1.82, 2.24) is 4.72 Å². The maximum atomic E-state index is 4.85. The van der Waals surface area contributed by atoms with Gasteiger partial charge in [-0.3, -0.25) is 0 Å². The maximum absolute atomic E-state index is 4.85. The lowest BCUT2D eigenvalue weighted by atomic mass is 10.4. The lowest BCUT2D eigenvalue weighted by Crippen LogP contribution is -1.96. The smallest absolute Gasteiger partial charge is 0.108 e. The van der Waals surface area contributed by atoms with Gasteiger partial charge in [-0.1, -0.05) is 0 Å². The molecular formula is C5H6NOS. The molecule has 3 heteroatoms. The second kappa shape index (κ2) is 2.67. The molecular weight excluding hydrogens is 122 g/mol. The summed E-state index contributed by atoms with van der Waals surface area (Å²) in [6, 6.07) is 0. The van der Waals surface area contributed by atoms with E-state index < -0.39 is 0 Å². The zero-order valence-corrected chi connectivity index (χ0v) is 5.14. The molecule has 1 aliphatic heterocycles. The summed E-state index contributed by atoms with van der Waals surface area (Å²) in [5.41, 5.74) is 0.861. The summed E-state index contributed by atoms with van der Waals surface area (Å²) in [7, 11) is 0. The number of thiol groups is 1. The van der Waals surface area contributed by atoms with E-state index >= 15 is 0 Å². The quantitative estimate of drug-likeness (QED) is 0.520. The first-order valence-electron chi connectivity index (χ1n) is 2.27. The highest BCUT2D eigenvalue weighted by molar-refractivity contribution is 7.78. The second-order valence-corrected chi connectivity index (χ2v) is 1.57. The monoisotopic (exact) mass is 128 g/mol. The highest BCUT2D eigenvalue weighted by Crippen LogP contribution is 2.00. The summed E-state index contributed by atoms with van der Waals surface area (Å²) in [5.74, 6) is 0. The van der Waals surface area contributed by atoms with Crippen LogP contribution < -0.4 is 4.72 Å². The molecule has 2 nitrogen and oxygen atoms in total. The van der Waals surface area contributed by atoms with Crippen molar-refractivity contribution in [2.24, 2.45) is 0 Å². The van der Waals surface area contributed by atoms with Crippen LogP contribution in [-0.2, 0) is 4.74 Å². The molecule has 0 amide bonds. The van der Waals surface area contributed by atoms with Gasteiger partial charge in [-0.2, -0.15) is 0 Å². The van der Waals surface area contributed by atoms with Crippen LogP contribution in [-0.4, -0.2) is 6.61 Å². The summed E-state index contributed by atoms with van der Waals surface area (Å²) in [5, 5.41) is 0. The third-order valence-corrected chi connectivity index (χ3v) is 1.07. The summed E-state index contributed by atoms with van der Waals surface area (Å²) in [6.07, 6.45) is 5.22. The van der Waals surface area contributed by atoms with E-state index in [0.29, 0.717) is 6.61 Å². The van der Waals surface area contributed by atoms with Crippen molar-refractivity contribution in [3.05, 3.63) is 24.1 Å². The molecule has 0 spiro atoms. The standard InChI is InChI=1S/C5H6NOS/c8-6-5-1-3-7-4-2-5/h1-3,8H,4H2. The fourth-order valence-electron chi connectivity index (χ4n) is 0.449. The molecule has 1 rings (SSSR count). The minimum atomic E-state index is 0.607. The molecule has 0 saturated carbocycles. The van der Waals surface area contributed by atoms with Gasteiger partial charge in [0, 0.05) is 0 Å². The van der Waals surface area contributed by atoms with Crippen molar-refractivity contribution in [1.29, 1.82) is 0 Å². The van der Waals surface area contributed by atoms with Crippen LogP contribution in [0.1, 0.15) is 0 Å². The Hall–Kier alpha value is -0.570. The third kappa shape index (κ3) is 1.20. The van der Waals surface area contributed by atoms with Gasteiger partial charge in [-0.15, -0.1) is 0 Å². The van der Waals surface area contributed by atoms with Crippen molar-refractivity contribution >= 4 is 12.8 Å². The van der Waals surface area contributed by atoms with Crippen LogP contribution >= 0.6 is 12.8 Å². The van der Waals surface area contributed by atoms with Gasteiger partial charge >= 0.3 is 0 Å². The Kier molecular flexibility index (Phi) is 1.86. The summed E-state index contributed by atoms with van der Waals surface area (Å²) in [4.78, 5) is 0. The Morgan fingerprint density at radius 3 is 3.00 bits per heavy atom. The van der Waals surface area contributed by atoms with E-state index in [0.717, 1.165) is 5.70 Å².